The van der Waals surface area contributed by atoms with Crippen LogP contribution in [0.3, 0.4) is 0 Å². The Balaban J connectivity index is 1.69. The van der Waals surface area contributed by atoms with Gasteiger partial charge in [-0.25, -0.2) is 9.78 Å². The van der Waals surface area contributed by atoms with E-state index in [9.17, 15) is 14.4 Å². The third kappa shape index (κ3) is 6.41. The minimum atomic E-state index is -0.839. The van der Waals surface area contributed by atoms with Crippen molar-refractivity contribution in [1.82, 2.24) is 10.3 Å². The van der Waals surface area contributed by atoms with Crippen molar-refractivity contribution in [1.29, 1.82) is 0 Å². The summed E-state index contributed by atoms with van der Waals surface area (Å²) in [6.45, 7) is 3.06. The second kappa shape index (κ2) is 11.3. The van der Waals surface area contributed by atoms with E-state index in [1.165, 1.54) is 39.1 Å². The Morgan fingerprint density at radius 2 is 1.84 bits per heavy atom. The number of pyridine rings is 1. The van der Waals surface area contributed by atoms with E-state index in [0.29, 0.717) is 19.3 Å². The van der Waals surface area contributed by atoms with Crippen molar-refractivity contribution >= 4 is 17.8 Å². The third-order valence-electron chi connectivity index (χ3n) is 5.76. The summed E-state index contributed by atoms with van der Waals surface area (Å²) in [6, 6.07) is 0.642. The normalized spacial score (nSPS) is 24.6. The molecule has 32 heavy (non-hydrogen) atoms. The zero-order chi connectivity index (χ0) is 23.1. The number of ether oxygens (including phenoxy) is 4. The van der Waals surface area contributed by atoms with Gasteiger partial charge in [-0.2, -0.15) is 0 Å². The minimum absolute atomic E-state index is 0.0333. The molecule has 176 valence electrons. The van der Waals surface area contributed by atoms with Gasteiger partial charge in [-0.05, 0) is 39.0 Å². The molecule has 1 aromatic heterocycles. The highest BCUT2D eigenvalue weighted by atomic mass is 16.6. The van der Waals surface area contributed by atoms with Gasteiger partial charge in [-0.3, -0.25) is 9.59 Å². The molecule has 3 rings (SSSR count). The van der Waals surface area contributed by atoms with Crippen molar-refractivity contribution in [3.8, 4) is 11.5 Å². The lowest BCUT2D eigenvalue weighted by molar-refractivity contribution is -0.152. The number of esters is 2. The molecule has 1 aliphatic heterocycles. The van der Waals surface area contributed by atoms with Crippen LogP contribution in [0.2, 0.25) is 0 Å². The molecule has 0 bridgehead atoms. The fourth-order valence-corrected chi connectivity index (χ4v) is 4.26. The van der Waals surface area contributed by atoms with Gasteiger partial charge in [0.1, 0.15) is 12.1 Å². The monoisotopic (exact) mass is 448 g/mol. The Kier molecular flexibility index (Phi) is 8.44. The van der Waals surface area contributed by atoms with Gasteiger partial charge in [0.25, 0.3) is 5.91 Å². The van der Waals surface area contributed by atoms with Crippen LogP contribution in [0.25, 0.3) is 0 Å². The molecular formula is C23H32N2O7. The van der Waals surface area contributed by atoms with Gasteiger partial charge in [0.05, 0.1) is 19.3 Å². The first-order chi connectivity index (χ1) is 15.4. The van der Waals surface area contributed by atoms with Gasteiger partial charge in [-0.15, -0.1) is 0 Å². The van der Waals surface area contributed by atoms with Crippen LogP contribution in [0.15, 0.2) is 12.3 Å². The van der Waals surface area contributed by atoms with Crippen LogP contribution >= 0.6 is 0 Å². The van der Waals surface area contributed by atoms with Gasteiger partial charge >= 0.3 is 11.9 Å². The molecule has 0 aromatic carbocycles. The lowest BCUT2D eigenvalue weighted by Gasteiger charge is -2.24. The predicted molar refractivity (Wildman–Crippen MR) is 115 cm³/mol. The Hall–Kier alpha value is -2.68. The summed E-state index contributed by atoms with van der Waals surface area (Å²) < 4.78 is 22.2. The maximum absolute atomic E-state index is 12.9. The summed E-state index contributed by atoms with van der Waals surface area (Å²) in [4.78, 5) is 41.2. The number of nitrogens with one attached hydrogen (secondary N) is 1. The smallest absolute Gasteiger partial charge is 0.328 e. The molecule has 2 unspecified atom stereocenters. The number of cyclic esters (lactones) is 1. The first-order valence-corrected chi connectivity index (χ1v) is 11.3. The van der Waals surface area contributed by atoms with E-state index < -0.39 is 23.9 Å². The molecule has 3 atom stereocenters. The maximum atomic E-state index is 12.9. The third-order valence-corrected chi connectivity index (χ3v) is 5.76. The lowest BCUT2D eigenvalue weighted by Crippen LogP contribution is -2.43. The SMILES string of the molecule is COc1ccnc(C(=O)N[C@H]2CCCC(OC3CCCC3)CC(C)OC2=O)c1OC(C)=O. The number of hydrogen-bond acceptors (Lipinski definition) is 8. The Morgan fingerprint density at radius 1 is 1.12 bits per heavy atom. The molecular weight excluding hydrogens is 416 g/mol. The fraction of sp³-hybridized carbons (Fsp3) is 0.652. The van der Waals surface area contributed by atoms with Crippen molar-refractivity contribution < 1.29 is 33.3 Å². The predicted octanol–water partition coefficient (Wildman–Crippen LogP) is 2.95. The van der Waals surface area contributed by atoms with Gasteiger partial charge in [0.15, 0.2) is 11.4 Å². The van der Waals surface area contributed by atoms with E-state index in [0.717, 1.165) is 19.3 Å². The van der Waals surface area contributed by atoms with Crippen molar-refractivity contribution in [2.24, 2.45) is 0 Å². The van der Waals surface area contributed by atoms with Crippen LogP contribution in [0.4, 0.5) is 0 Å². The maximum Gasteiger partial charge on any atom is 0.328 e. The summed E-state index contributed by atoms with van der Waals surface area (Å²) in [5.41, 5.74) is -0.136. The van der Waals surface area contributed by atoms with Crippen LogP contribution in [0.5, 0.6) is 11.5 Å². The molecule has 0 radical (unpaired) electrons. The van der Waals surface area contributed by atoms with Crippen LogP contribution in [0, 0.1) is 0 Å². The van der Waals surface area contributed by atoms with E-state index in [1.807, 2.05) is 6.92 Å². The van der Waals surface area contributed by atoms with E-state index in [2.05, 4.69) is 10.3 Å². The highest BCUT2D eigenvalue weighted by Gasteiger charge is 2.31. The number of methoxy groups -OCH3 is 1. The average molecular weight is 449 g/mol. The van der Waals surface area contributed by atoms with E-state index in [4.69, 9.17) is 18.9 Å². The molecule has 2 aliphatic rings. The van der Waals surface area contributed by atoms with Crippen LogP contribution in [-0.4, -0.2) is 54.3 Å². The second-order valence-electron chi connectivity index (χ2n) is 8.39. The quantitative estimate of drug-likeness (QED) is 0.661. The van der Waals surface area contributed by atoms with Crippen LogP contribution < -0.4 is 14.8 Å². The van der Waals surface area contributed by atoms with Crippen molar-refractivity contribution in [2.45, 2.75) is 89.6 Å². The number of aromatic nitrogens is 1. The van der Waals surface area contributed by atoms with Crippen LogP contribution in [-0.2, 0) is 19.1 Å². The Labute approximate surface area is 188 Å². The van der Waals surface area contributed by atoms with Gasteiger partial charge in [-0.1, -0.05) is 12.8 Å². The molecule has 0 spiro atoms. The van der Waals surface area contributed by atoms with Crippen molar-refractivity contribution in [3.63, 3.8) is 0 Å². The van der Waals surface area contributed by atoms with Crippen LogP contribution in [0.1, 0.15) is 75.7 Å². The summed E-state index contributed by atoms with van der Waals surface area (Å²) >= 11 is 0. The number of carbonyl (C=O) groups is 3. The highest BCUT2D eigenvalue weighted by molar-refractivity contribution is 5.98. The number of hydrogen-bond donors (Lipinski definition) is 1. The van der Waals surface area contributed by atoms with Crippen molar-refractivity contribution in [3.05, 3.63) is 18.0 Å². The molecule has 1 aliphatic carbocycles. The molecule has 9 heteroatoms. The zero-order valence-corrected chi connectivity index (χ0v) is 18.9. The number of rotatable bonds is 6. The Morgan fingerprint density at radius 3 is 2.53 bits per heavy atom. The molecule has 2 fully saturated rings. The van der Waals surface area contributed by atoms with E-state index >= 15 is 0 Å². The molecule has 1 saturated heterocycles. The highest BCUT2D eigenvalue weighted by Crippen LogP contribution is 2.30. The molecule has 1 amide bonds. The lowest BCUT2D eigenvalue weighted by atomic mass is 10.0. The molecule has 1 N–H and O–H groups in total. The number of carbonyl (C=O) groups excluding carboxylic acids is 3. The molecule has 1 saturated carbocycles. The van der Waals surface area contributed by atoms with Gasteiger partial charge < -0.3 is 24.3 Å². The first kappa shape index (κ1) is 24.0. The molecule has 1 aromatic rings. The summed E-state index contributed by atoms with van der Waals surface area (Å²) in [5.74, 6) is -1.65. The van der Waals surface area contributed by atoms with Crippen molar-refractivity contribution in [2.75, 3.05) is 7.11 Å². The summed E-state index contributed by atoms with van der Waals surface area (Å²) in [5, 5.41) is 2.69. The topological polar surface area (TPSA) is 113 Å². The minimum Gasteiger partial charge on any atom is -0.493 e. The second-order valence-corrected chi connectivity index (χ2v) is 8.39. The summed E-state index contributed by atoms with van der Waals surface area (Å²) in [7, 11) is 1.39. The van der Waals surface area contributed by atoms with E-state index in [-0.39, 0.29) is 35.5 Å². The fourth-order valence-electron chi connectivity index (χ4n) is 4.26. The molecule has 2 heterocycles. The summed E-state index contributed by atoms with van der Waals surface area (Å²) in [6.07, 6.45) is 8.48. The first-order valence-electron chi connectivity index (χ1n) is 11.3. The average Bonchev–Trinajstić information content (AvgIpc) is 3.26. The largest absolute Gasteiger partial charge is 0.493 e. The zero-order valence-electron chi connectivity index (χ0n) is 18.9. The van der Waals surface area contributed by atoms with Gasteiger partial charge in [0, 0.05) is 25.6 Å². The number of nitrogens with zero attached hydrogens (tertiary/aromatic N) is 1. The van der Waals surface area contributed by atoms with E-state index in [1.54, 1.807) is 0 Å². The van der Waals surface area contributed by atoms with Gasteiger partial charge in [0.2, 0.25) is 5.75 Å². The standard InChI is InChI=1S/C23H32N2O7/c1-14-13-17(32-16-7-4-5-8-16)9-6-10-18(23(28)30-14)25-22(27)20-21(31-15(2)26)19(29-3)11-12-24-20/h11-12,14,16-18H,4-10,13H2,1-3H3,(H,25,27)/t14?,17?,18-/m0/s1. The Bertz CT molecular complexity index is 823. The molecule has 9 nitrogen and oxygen atoms in total. The number of amides is 1.